The molecule has 0 aromatic carbocycles. The molecule has 5 heterocycles. The molecule has 1 aromatic rings. The number of rotatable bonds is 4. The minimum atomic E-state index is -0.764. The number of pyridine rings is 1. The van der Waals surface area contributed by atoms with Gasteiger partial charge in [0.25, 0.3) is 0 Å². The van der Waals surface area contributed by atoms with E-state index < -0.39 is 17.7 Å². The first-order valence-electron chi connectivity index (χ1n) is 11.3. The summed E-state index contributed by atoms with van der Waals surface area (Å²) in [5.41, 5.74) is 0.174. The molecule has 0 radical (unpaired) electrons. The summed E-state index contributed by atoms with van der Waals surface area (Å²) in [4.78, 5) is 28.5. The summed E-state index contributed by atoms with van der Waals surface area (Å²) in [7, 11) is 0. The molecule has 7 heteroatoms. The molecule has 30 heavy (non-hydrogen) atoms. The van der Waals surface area contributed by atoms with Gasteiger partial charge in [0.1, 0.15) is 0 Å². The van der Waals surface area contributed by atoms with Crippen LogP contribution in [0, 0.1) is 23.7 Å². The van der Waals surface area contributed by atoms with E-state index >= 15 is 0 Å². The van der Waals surface area contributed by atoms with Gasteiger partial charge in [0.2, 0.25) is 11.7 Å². The maximum Gasteiger partial charge on any atom is 0.224 e. The van der Waals surface area contributed by atoms with Gasteiger partial charge >= 0.3 is 0 Å². The van der Waals surface area contributed by atoms with Crippen molar-refractivity contribution in [1.82, 2.24) is 4.98 Å². The molecule has 6 rings (SSSR count). The molecule has 2 bridgehead atoms. The number of hydrogen-bond donors (Lipinski definition) is 1. The Bertz CT molecular complexity index is 791. The van der Waals surface area contributed by atoms with Crippen LogP contribution in [0.2, 0.25) is 0 Å². The molecule has 1 aromatic heterocycles. The maximum absolute atomic E-state index is 12.5. The van der Waals surface area contributed by atoms with Gasteiger partial charge in [0, 0.05) is 25.0 Å². The number of fused-ring (bicyclic) bond motifs is 2. The second-order valence-corrected chi connectivity index (χ2v) is 9.77. The Morgan fingerprint density at radius 1 is 1.23 bits per heavy atom. The van der Waals surface area contributed by atoms with Crippen LogP contribution < -0.4 is 5.32 Å². The number of hydrogen-bond acceptors (Lipinski definition) is 6. The van der Waals surface area contributed by atoms with Crippen LogP contribution >= 0.6 is 0 Å². The highest BCUT2D eigenvalue weighted by Gasteiger charge is 2.69. The summed E-state index contributed by atoms with van der Waals surface area (Å²) in [6.07, 6.45) is 7.98. The molecular formula is C23H32N2O5. The van der Waals surface area contributed by atoms with Crippen molar-refractivity contribution >= 4 is 11.6 Å². The van der Waals surface area contributed by atoms with E-state index in [1.165, 1.54) is 6.42 Å². The summed E-state index contributed by atoms with van der Waals surface area (Å²) in [6, 6.07) is 3.65. The Hall–Kier alpha value is -1.54. The third-order valence-corrected chi connectivity index (χ3v) is 7.90. The SMILES string of the molecule is C[C@H]1[C@@H](CCC(=O)Nc2cccnc2)O[C@@H]2O[C@]3(C)CC[C@H]4[C@H](C)CC[C@@H]1[C@@]24OO3. The highest BCUT2D eigenvalue weighted by atomic mass is 17.3. The summed E-state index contributed by atoms with van der Waals surface area (Å²) < 4.78 is 12.9. The molecule has 8 atom stereocenters. The first-order chi connectivity index (χ1) is 14.4. The summed E-state index contributed by atoms with van der Waals surface area (Å²) in [5, 5.41) is 2.91. The van der Waals surface area contributed by atoms with E-state index in [2.05, 4.69) is 24.1 Å². The lowest BCUT2D eigenvalue weighted by molar-refractivity contribution is -0.571. The fourth-order valence-corrected chi connectivity index (χ4v) is 6.24. The molecule has 4 saturated heterocycles. The van der Waals surface area contributed by atoms with Gasteiger partial charge in [-0.05, 0) is 62.5 Å². The third kappa shape index (κ3) is 3.27. The van der Waals surface area contributed by atoms with Crippen molar-refractivity contribution in [2.45, 2.75) is 83.1 Å². The molecule has 1 saturated carbocycles. The van der Waals surface area contributed by atoms with Crippen LogP contribution in [0.15, 0.2) is 24.5 Å². The number of carbonyl (C=O) groups excluding carboxylic acids is 1. The van der Waals surface area contributed by atoms with Crippen molar-refractivity contribution in [2.24, 2.45) is 23.7 Å². The van der Waals surface area contributed by atoms with E-state index in [9.17, 15) is 4.79 Å². The number of ether oxygens (including phenoxy) is 2. The summed E-state index contributed by atoms with van der Waals surface area (Å²) in [5.74, 6) is 0.685. The van der Waals surface area contributed by atoms with Crippen LogP contribution in [-0.2, 0) is 24.0 Å². The highest BCUT2D eigenvalue weighted by Crippen LogP contribution is 2.60. The molecule has 7 nitrogen and oxygen atoms in total. The Morgan fingerprint density at radius 2 is 2.10 bits per heavy atom. The zero-order valence-electron chi connectivity index (χ0n) is 18.0. The maximum atomic E-state index is 12.5. The van der Waals surface area contributed by atoms with Gasteiger partial charge < -0.3 is 14.8 Å². The van der Waals surface area contributed by atoms with Crippen LogP contribution in [0.3, 0.4) is 0 Å². The molecule has 1 spiro atoms. The van der Waals surface area contributed by atoms with Crippen molar-refractivity contribution in [1.29, 1.82) is 0 Å². The smallest absolute Gasteiger partial charge is 0.224 e. The average molecular weight is 417 g/mol. The van der Waals surface area contributed by atoms with Gasteiger partial charge in [-0.1, -0.05) is 13.8 Å². The first-order valence-corrected chi connectivity index (χ1v) is 11.3. The van der Waals surface area contributed by atoms with E-state index in [0.29, 0.717) is 36.3 Å². The van der Waals surface area contributed by atoms with Crippen LogP contribution in [0.1, 0.15) is 59.3 Å². The molecule has 164 valence electrons. The molecule has 1 aliphatic carbocycles. The van der Waals surface area contributed by atoms with E-state index in [0.717, 1.165) is 19.3 Å². The van der Waals surface area contributed by atoms with E-state index in [1.807, 2.05) is 19.1 Å². The Morgan fingerprint density at radius 3 is 2.90 bits per heavy atom. The molecule has 1 amide bonds. The number of aromatic nitrogens is 1. The topological polar surface area (TPSA) is 78.9 Å². The van der Waals surface area contributed by atoms with Crippen LogP contribution in [-0.4, -0.2) is 34.7 Å². The van der Waals surface area contributed by atoms with Crippen molar-refractivity contribution in [3.63, 3.8) is 0 Å². The van der Waals surface area contributed by atoms with Crippen molar-refractivity contribution < 1.29 is 24.0 Å². The second kappa shape index (κ2) is 7.55. The first kappa shape index (κ1) is 20.4. The van der Waals surface area contributed by atoms with Crippen molar-refractivity contribution in [3.05, 3.63) is 24.5 Å². The second-order valence-electron chi connectivity index (χ2n) is 9.77. The normalized spacial score (nSPS) is 44.8. The van der Waals surface area contributed by atoms with Gasteiger partial charge in [-0.2, -0.15) is 0 Å². The van der Waals surface area contributed by atoms with E-state index in [1.54, 1.807) is 12.4 Å². The highest BCUT2D eigenvalue weighted by molar-refractivity contribution is 5.90. The fourth-order valence-electron chi connectivity index (χ4n) is 6.24. The van der Waals surface area contributed by atoms with Crippen LogP contribution in [0.5, 0.6) is 0 Å². The lowest BCUT2D eigenvalue weighted by atomic mass is 9.57. The average Bonchev–Trinajstić information content (AvgIpc) is 2.96. The zero-order chi connectivity index (χ0) is 20.9. The number of carbonyl (C=O) groups is 1. The van der Waals surface area contributed by atoms with Crippen molar-refractivity contribution in [2.75, 3.05) is 5.32 Å². The van der Waals surface area contributed by atoms with Gasteiger partial charge in [-0.3, -0.25) is 9.78 Å². The number of nitrogens with zero attached hydrogens (tertiary/aromatic N) is 1. The minimum Gasteiger partial charge on any atom is -0.346 e. The molecule has 5 aliphatic rings. The lowest BCUT2D eigenvalue weighted by Gasteiger charge is -2.60. The molecular weight excluding hydrogens is 384 g/mol. The molecule has 1 N–H and O–H groups in total. The largest absolute Gasteiger partial charge is 0.346 e. The third-order valence-electron chi connectivity index (χ3n) is 7.90. The summed E-state index contributed by atoms with van der Waals surface area (Å²) >= 11 is 0. The minimum absolute atomic E-state index is 0.0240. The van der Waals surface area contributed by atoms with E-state index in [-0.39, 0.29) is 17.9 Å². The van der Waals surface area contributed by atoms with Gasteiger partial charge in [-0.15, -0.1) is 0 Å². The zero-order valence-corrected chi connectivity index (χ0v) is 18.0. The van der Waals surface area contributed by atoms with Crippen molar-refractivity contribution in [3.8, 4) is 0 Å². The van der Waals surface area contributed by atoms with Gasteiger partial charge in [-0.25, -0.2) is 9.78 Å². The fraction of sp³-hybridized carbons (Fsp3) is 0.739. The molecule has 0 unspecified atom stereocenters. The predicted molar refractivity (Wildman–Crippen MR) is 109 cm³/mol. The number of amides is 1. The standard InChI is InChI=1S/C23H32N2O5/c1-14-6-7-18-15(2)19(8-9-20(26)25-16-5-4-12-24-13-16)27-21-23(18)17(14)10-11-22(3,28-21)29-30-23/h4-5,12-15,17-19,21H,6-11H2,1-3H3,(H,25,26)/t14-,15-,17+,18+,19-,21-,22+,23-/m1/s1. The number of anilines is 1. The quantitative estimate of drug-likeness (QED) is 0.746. The van der Waals surface area contributed by atoms with Crippen LogP contribution in [0.25, 0.3) is 0 Å². The Labute approximate surface area is 177 Å². The lowest BCUT2D eigenvalue weighted by Crippen LogP contribution is -2.70. The van der Waals surface area contributed by atoms with Gasteiger partial charge in [0.15, 0.2) is 11.9 Å². The summed E-state index contributed by atoms with van der Waals surface area (Å²) in [6.45, 7) is 6.49. The van der Waals surface area contributed by atoms with Gasteiger partial charge in [0.05, 0.1) is 18.0 Å². The Kier molecular flexibility index (Phi) is 5.13. The number of nitrogens with one attached hydrogen (secondary N) is 1. The Balaban J connectivity index is 1.32. The monoisotopic (exact) mass is 416 g/mol. The molecule has 5 fully saturated rings. The van der Waals surface area contributed by atoms with Crippen LogP contribution in [0.4, 0.5) is 5.69 Å². The molecule has 4 aliphatic heterocycles. The predicted octanol–water partition coefficient (Wildman–Crippen LogP) is 4.05. The van der Waals surface area contributed by atoms with E-state index in [4.69, 9.17) is 19.2 Å².